The van der Waals surface area contributed by atoms with Crippen LogP contribution >= 0.6 is 11.5 Å². The Kier molecular flexibility index (Phi) is 5.09. The van der Waals surface area contributed by atoms with Crippen molar-refractivity contribution in [1.82, 2.24) is 14.3 Å². The van der Waals surface area contributed by atoms with Gasteiger partial charge in [0.05, 0.1) is 0 Å². The molecule has 2 heterocycles. The minimum atomic E-state index is -0.0983. The number of carbonyl (C=O) groups is 1. The fraction of sp³-hybridized carbons (Fsp3) is 0.750. The normalized spacial score (nSPS) is 19.5. The first-order valence-electron chi connectivity index (χ1n) is 6.69. The van der Waals surface area contributed by atoms with Crippen LogP contribution in [0.1, 0.15) is 37.9 Å². The van der Waals surface area contributed by atoms with E-state index in [1.165, 1.54) is 11.5 Å². The Morgan fingerprint density at radius 1 is 1.58 bits per heavy atom. The van der Waals surface area contributed by atoms with E-state index >= 15 is 0 Å². The first kappa shape index (κ1) is 14.2. The topological polar surface area (TPSA) is 78.4 Å². The van der Waals surface area contributed by atoms with Gasteiger partial charge >= 0.3 is 6.03 Å². The summed E-state index contributed by atoms with van der Waals surface area (Å²) in [4.78, 5) is 18.3. The van der Waals surface area contributed by atoms with Gasteiger partial charge in [-0.1, -0.05) is 0 Å². The molecule has 0 bridgehead atoms. The van der Waals surface area contributed by atoms with Crippen molar-refractivity contribution in [2.24, 2.45) is 0 Å². The average Bonchev–Trinajstić information content (AvgIpc) is 2.82. The Hall–Kier alpha value is -1.21. The highest BCUT2D eigenvalue weighted by Crippen LogP contribution is 2.22. The summed E-state index contributed by atoms with van der Waals surface area (Å²) in [7, 11) is 0. The minimum Gasteiger partial charge on any atom is -0.396 e. The van der Waals surface area contributed by atoms with E-state index in [4.69, 9.17) is 5.11 Å². The summed E-state index contributed by atoms with van der Waals surface area (Å²) in [5, 5.41) is 12.3. The van der Waals surface area contributed by atoms with Crippen LogP contribution < -0.4 is 5.32 Å². The second-order valence-corrected chi connectivity index (χ2v) is 5.54. The number of anilines is 1. The second kappa shape index (κ2) is 6.81. The van der Waals surface area contributed by atoms with Crippen LogP contribution in [-0.4, -0.2) is 44.6 Å². The van der Waals surface area contributed by atoms with E-state index < -0.39 is 0 Å². The molecule has 106 valence electrons. The molecular weight excluding hydrogens is 264 g/mol. The molecular formula is C12H20N4O2S. The third kappa shape index (κ3) is 3.87. The van der Waals surface area contributed by atoms with E-state index in [9.17, 15) is 4.79 Å². The molecule has 0 aromatic carbocycles. The fourth-order valence-corrected chi connectivity index (χ4v) is 2.97. The van der Waals surface area contributed by atoms with Crippen molar-refractivity contribution in [1.29, 1.82) is 0 Å². The van der Waals surface area contributed by atoms with E-state index in [1.807, 2.05) is 4.90 Å². The number of urea groups is 1. The number of aliphatic hydroxyl groups excluding tert-OH is 1. The number of piperidine rings is 1. The van der Waals surface area contributed by atoms with Gasteiger partial charge in [-0.05, 0) is 39.0 Å². The van der Waals surface area contributed by atoms with Crippen molar-refractivity contribution in [2.45, 2.75) is 45.1 Å². The predicted molar refractivity (Wildman–Crippen MR) is 74.3 cm³/mol. The van der Waals surface area contributed by atoms with Gasteiger partial charge < -0.3 is 10.0 Å². The molecule has 1 fully saturated rings. The van der Waals surface area contributed by atoms with Crippen LogP contribution in [0.15, 0.2) is 0 Å². The predicted octanol–water partition coefficient (Wildman–Crippen LogP) is 2.01. The standard InChI is InChI=1S/C12H20N4O2S/c1-9-13-11(19-15-9)14-12(18)16-7-3-2-5-10(16)6-4-8-17/h10,17H,2-8H2,1H3,(H,13,14,15,18)/t10-/m1/s1. The Morgan fingerprint density at radius 3 is 3.11 bits per heavy atom. The van der Waals surface area contributed by atoms with Crippen molar-refractivity contribution < 1.29 is 9.90 Å². The first-order valence-corrected chi connectivity index (χ1v) is 7.47. The summed E-state index contributed by atoms with van der Waals surface area (Å²) in [6.07, 6.45) is 4.81. The van der Waals surface area contributed by atoms with E-state index in [2.05, 4.69) is 14.7 Å². The molecule has 0 radical (unpaired) electrons. The molecule has 1 aliphatic rings. The molecule has 1 aliphatic heterocycles. The lowest BCUT2D eigenvalue weighted by Crippen LogP contribution is -2.46. The van der Waals surface area contributed by atoms with Gasteiger partial charge in [-0.25, -0.2) is 9.78 Å². The van der Waals surface area contributed by atoms with Crippen LogP contribution in [0.3, 0.4) is 0 Å². The van der Waals surface area contributed by atoms with Crippen LogP contribution in [0.5, 0.6) is 0 Å². The van der Waals surface area contributed by atoms with E-state index in [0.29, 0.717) is 11.0 Å². The van der Waals surface area contributed by atoms with Crippen LogP contribution in [0.2, 0.25) is 0 Å². The second-order valence-electron chi connectivity index (χ2n) is 4.79. The summed E-state index contributed by atoms with van der Waals surface area (Å²) < 4.78 is 4.05. The molecule has 7 heteroatoms. The lowest BCUT2D eigenvalue weighted by Gasteiger charge is -2.35. The molecule has 6 nitrogen and oxygen atoms in total. The number of aromatic nitrogens is 2. The number of hydrogen-bond acceptors (Lipinski definition) is 5. The van der Waals surface area contributed by atoms with Gasteiger partial charge in [-0.2, -0.15) is 4.37 Å². The molecule has 0 unspecified atom stereocenters. The van der Waals surface area contributed by atoms with Gasteiger partial charge in [0.1, 0.15) is 5.82 Å². The highest BCUT2D eigenvalue weighted by molar-refractivity contribution is 7.09. The Labute approximate surface area is 117 Å². The maximum absolute atomic E-state index is 12.2. The van der Waals surface area contributed by atoms with Crippen LogP contribution in [0.4, 0.5) is 9.93 Å². The zero-order valence-electron chi connectivity index (χ0n) is 11.1. The number of aliphatic hydroxyl groups is 1. The van der Waals surface area contributed by atoms with Crippen LogP contribution in [0.25, 0.3) is 0 Å². The quantitative estimate of drug-likeness (QED) is 0.886. The number of nitrogens with zero attached hydrogens (tertiary/aromatic N) is 3. The lowest BCUT2D eigenvalue weighted by atomic mass is 9.98. The summed E-state index contributed by atoms with van der Waals surface area (Å²) in [6, 6.07) is 0.133. The Bertz CT molecular complexity index is 424. The third-order valence-electron chi connectivity index (χ3n) is 3.32. The van der Waals surface area contributed by atoms with E-state index in [1.54, 1.807) is 6.92 Å². The minimum absolute atomic E-state index is 0.0983. The number of likely N-dealkylation sites (tertiary alicyclic amines) is 1. The van der Waals surface area contributed by atoms with Crippen LogP contribution in [0, 0.1) is 6.92 Å². The molecule has 1 aromatic rings. The number of aryl methyl sites for hydroxylation is 1. The zero-order chi connectivity index (χ0) is 13.7. The fourth-order valence-electron chi connectivity index (χ4n) is 2.41. The third-order valence-corrected chi connectivity index (χ3v) is 4.05. The van der Waals surface area contributed by atoms with Gasteiger partial charge in [0.25, 0.3) is 0 Å². The number of hydrogen-bond donors (Lipinski definition) is 2. The van der Waals surface area contributed by atoms with Crippen molar-refractivity contribution >= 4 is 22.7 Å². The maximum atomic E-state index is 12.2. The van der Waals surface area contributed by atoms with Crippen molar-refractivity contribution in [2.75, 3.05) is 18.5 Å². The van der Waals surface area contributed by atoms with Gasteiger partial charge in [0.15, 0.2) is 0 Å². The van der Waals surface area contributed by atoms with Gasteiger partial charge in [0, 0.05) is 30.7 Å². The number of carbonyl (C=O) groups excluding carboxylic acids is 1. The number of nitrogens with one attached hydrogen (secondary N) is 1. The average molecular weight is 284 g/mol. The summed E-state index contributed by atoms with van der Waals surface area (Å²) in [5.74, 6) is 0.677. The molecule has 0 saturated carbocycles. The van der Waals surface area contributed by atoms with Gasteiger partial charge in [-0.15, -0.1) is 0 Å². The zero-order valence-corrected chi connectivity index (χ0v) is 11.9. The van der Waals surface area contributed by atoms with Crippen molar-refractivity contribution in [3.8, 4) is 0 Å². The molecule has 19 heavy (non-hydrogen) atoms. The largest absolute Gasteiger partial charge is 0.396 e. The molecule has 2 amide bonds. The highest BCUT2D eigenvalue weighted by atomic mass is 32.1. The Balaban J connectivity index is 1.94. The van der Waals surface area contributed by atoms with E-state index in [-0.39, 0.29) is 18.7 Å². The molecule has 1 atom stereocenters. The lowest BCUT2D eigenvalue weighted by molar-refractivity contribution is 0.151. The number of amides is 2. The molecule has 2 rings (SSSR count). The van der Waals surface area contributed by atoms with Crippen molar-refractivity contribution in [3.05, 3.63) is 5.82 Å². The van der Waals surface area contributed by atoms with Gasteiger partial charge in [0.2, 0.25) is 5.13 Å². The van der Waals surface area contributed by atoms with Crippen LogP contribution in [-0.2, 0) is 0 Å². The first-order chi connectivity index (χ1) is 9.20. The molecule has 1 saturated heterocycles. The van der Waals surface area contributed by atoms with E-state index in [0.717, 1.165) is 38.6 Å². The number of rotatable bonds is 4. The monoisotopic (exact) mass is 284 g/mol. The molecule has 2 N–H and O–H groups in total. The molecule has 0 aliphatic carbocycles. The summed E-state index contributed by atoms with van der Waals surface area (Å²) >= 11 is 1.20. The van der Waals surface area contributed by atoms with Gasteiger partial charge in [-0.3, -0.25) is 5.32 Å². The Morgan fingerprint density at radius 2 is 2.42 bits per heavy atom. The molecule has 0 spiro atoms. The smallest absolute Gasteiger partial charge is 0.323 e. The summed E-state index contributed by atoms with van der Waals surface area (Å²) in [5.41, 5.74) is 0. The SMILES string of the molecule is Cc1nsc(NC(=O)N2CCCC[C@@H]2CCCO)n1. The highest BCUT2D eigenvalue weighted by Gasteiger charge is 2.26. The maximum Gasteiger partial charge on any atom is 0.323 e. The summed E-state index contributed by atoms with van der Waals surface area (Å²) in [6.45, 7) is 2.76. The van der Waals surface area contributed by atoms with Crippen molar-refractivity contribution in [3.63, 3.8) is 0 Å². The molecule has 1 aromatic heterocycles.